The highest BCUT2D eigenvalue weighted by molar-refractivity contribution is 6.22. The third-order valence-electron chi connectivity index (χ3n) is 7.62. The molecule has 5 rings (SSSR count). The highest BCUT2D eigenvalue weighted by Gasteiger charge is 2.43. The number of anilines is 1. The van der Waals surface area contributed by atoms with Crippen molar-refractivity contribution in [2.75, 3.05) is 19.0 Å². The Morgan fingerprint density at radius 1 is 0.820 bits per heavy atom. The number of carbonyl (C=O) groups is 6. The lowest BCUT2D eigenvalue weighted by atomic mass is 10.0. The first-order valence-electron chi connectivity index (χ1n) is 15.6. The van der Waals surface area contributed by atoms with E-state index in [-0.39, 0.29) is 41.4 Å². The summed E-state index contributed by atoms with van der Waals surface area (Å²) >= 11 is 0. The van der Waals surface area contributed by atoms with E-state index < -0.39 is 41.6 Å². The molecule has 0 aliphatic carbocycles. The van der Waals surface area contributed by atoms with Crippen molar-refractivity contribution in [1.82, 2.24) is 10.2 Å². The second-order valence-electron chi connectivity index (χ2n) is 11.0. The Kier molecular flexibility index (Phi) is 10.8. The highest BCUT2D eigenvalue weighted by atomic mass is 16.6. The average Bonchev–Trinajstić information content (AvgIpc) is 3.37. The third-order valence-corrected chi connectivity index (χ3v) is 7.62. The monoisotopic (exact) mass is 675 g/mol. The summed E-state index contributed by atoms with van der Waals surface area (Å²) in [6.07, 6.45) is 1.42. The lowest BCUT2D eigenvalue weighted by Crippen LogP contribution is -2.47. The molecule has 4 aromatic carbocycles. The Morgan fingerprint density at radius 3 is 2.06 bits per heavy atom. The number of hydrogen-bond acceptors (Lipinski definition) is 9. The maximum atomic E-state index is 13.6. The van der Waals surface area contributed by atoms with Crippen molar-refractivity contribution in [3.63, 3.8) is 0 Å². The normalized spacial score (nSPS) is 12.9. The van der Waals surface area contributed by atoms with Gasteiger partial charge in [0.2, 0.25) is 0 Å². The van der Waals surface area contributed by atoms with E-state index >= 15 is 0 Å². The Labute approximate surface area is 287 Å². The molecule has 1 unspecified atom stereocenters. The molecule has 4 amide bonds. The zero-order chi connectivity index (χ0) is 35.8. The third kappa shape index (κ3) is 7.93. The number of nitrogens with zero attached hydrogens (tertiary/aromatic N) is 1. The molecule has 0 radical (unpaired) electrons. The molecular formula is C38H33N3O9. The van der Waals surface area contributed by atoms with E-state index in [4.69, 9.17) is 14.2 Å². The molecule has 1 aliphatic heterocycles. The van der Waals surface area contributed by atoms with E-state index in [0.29, 0.717) is 22.4 Å². The van der Waals surface area contributed by atoms with Crippen LogP contribution in [0, 0.1) is 0 Å². The van der Waals surface area contributed by atoms with Crippen LogP contribution in [-0.4, -0.2) is 60.2 Å². The molecule has 50 heavy (non-hydrogen) atoms. The van der Waals surface area contributed by atoms with E-state index in [1.165, 1.54) is 38.3 Å². The van der Waals surface area contributed by atoms with Gasteiger partial charge in [-0.25, -0.2) is 4.79 Å². The van der Waals surface area contributed by atoms with Crippen LogP contribution in [0.3, 0.4) is 0 Å². The van der Waals surface area contributed by atoms with Gasteiger partial charge in [0.15, 0.2) is 11.5 Å². The first-order chi connectivity index (χ1) is 24.1. The van der Waals surface area contributed by atoms with Crippen LogP contribution >= 0.6 is 0 Å². The van der Waals surface area contributed by atoms with Crippen molar-refractivity contribution in [2.24, 2.45) is 0 Å². The van der Waals surface area contributed by atoms with Crippen LogP contribution in [0.15, 0.2) is 103 Å². The number of amides is 4. The molecule has 1 heterocycles. The zero-order valence-corrected chi connectivity index (χ0v) is 27.4. The van der Waals surface area contributed by atoms with Crippen molar-refractivity contribution < 1.29 is 43.0 Å². The Balaban J connectivity index is 1.37. The lowest BCUT2D eigenvalue weighted by Gasteiger charge is -2.24. The highest BCUT2D eigenvalue weighted by Crippen LogP contribution is 2.30. The van der Waals surface area contributed by atoms with E-state index in [1.54, 1.807) is 85.8 Å². The smallest absolute Gasteiger partial charge is 0.329 e. The Morgan fingerprint density at radius 2 is 1.46 bits per heavy atom. The van der Waals surface area contributed by atoms with Gasteiger partial charge in [-0.05, 0) is 72.7 Å². The molecule has 1 aliphatic rings. The summed E-state index contributed by atoms with van der Waals surface area (Å²) < 4.78 is 15.7. The lowest BCUT2D eigenvalue weighted by molar-refractivity contribution is -0.147. The van der Waals surface area contributed by atoms with Gasteiger partial charge in [0.05, 0.1) is 24.8 Å². The SMILES string of the molecule is CCOC(=O)C(Cc1ccc(NC(=O)C(=Cc2ccc(OC(C)=O)c(OC)c2)NC(=O)c2ccccc2)cc1)N1C(=O)c2ccccc2C1=O. The fourth-order valence-corrected chi connectivity index (χ4v) is 5.28. The number of esters is 2. The summed E-state index contributed by atoms with van der Waals surface area (Å²) in [6.45, 7) is 2.95. The minimum absolute atomic E-state index is 0.0258. The predicted molar refractivity (Wildman–Crippen MR) is 182 cm³/mol. The summed E-state index contributed by atoms with van der Waals surface area (Å²) in [6, 6.07) is 24.6. The first-order valence-corrected chi connectivity index (χ1v) is 15.6. The fourth-order valence-electron chi connectivity index (χ4n) is 5.28. The molecule has 4 aromatic rings. The number of fused-ring (bicyclic) bond motifs is 1. The number of methoxy groups -OCH3 is 1. The summed E-state index contributed by atoms with van der Waals surface area (Å²) in [4.78, 5) is 78.4. The fraction of sp³-hybridized carbons (Fsp3) is 0.158. The average molecular weight is 676 g/mol. The van der Waals surface area contributed by atoms with E-state index in [0.717, 1.165) is 4.90 Å². The van der Waals surface area contributed by atoms with Gasteiger partial charge in [0, 0.05) is 24.6 Å². The maximum Gasteiger partial charge on any atom is 0.329 e. The van der Waals surface area contributed by atoms with Gasteiger partial charge in [-0.2, -0.15) is 0 Å². The molecule has 0 bridgehead atoms. The second-order valence-corrected chi connectivity index (χ2v) is 11.0. The van der Waals surface area contributed by atoms with Gasteiger partial charge in [0.25, 0.3) is 23.6 Å². The van der Waals surface area contributed by atoms with E-state index in [1.807, 2.05) is 0 Å². The summed E-state index contributed by atoms with van der Waals surface area (Å²) in [5, 5.41) is 5.42. The largest absolute Gasteiger partial charge is 0.493 e. The van der Waals surface area contributed by atoms with Crippen LogP contribution in [0.1, 0.15) is 56.0 Å². The van der Waals surface area contributed by atoms with Crippen molar-refractivity contribution in [3.8, 4) is 11.5 Å². The Bertz CT molecular complexity index is 1950. The molecule has 1 atom stereocenters. The standard InChI is InChI=1S/C38H33N3O9/c1-4-49-38(47)31(41-36(45)28-12-8-9-13-29(28)37(41)46)21-24-14-17-27(18-15-24)39-35(44)30(40-34(43)26-10-6-5-7-11-26)20-25-16-19-32(50-23(2)42)33(22-25)48-3/h5-20,22,31H,4,21H2,1-3H3,(H,39,44)(H,40,43). The number of imide groups is 1. The molecule has 0 aromatic heterocycles. The minimum Gasteiger partial charge on any atom is -0.493 e. The molecule has 12 heteroatoms. The molecular weight excluding hydrogens is 642 g/mol. The van der Waals surface area contributed by atoms with Crippen molar-refractivity contribution in [1.29, 1.82) is 0 Å². The molecule has 0 saturated carbocycles. The van der Waals surface area contributed by atoms with Crippen LogP contribution < -0.4 is 20.1 Å². The van der Waals surface area contributed by atoms with E-state index in [9.17, 15) is 28.8 Å². The summed E-state index contributed by atoms with van der Waals surface area (Å²) in [5.74, 6) is -3.17. The summed E-state index contributed by atoms with van der Waals surface area (Å²) in [5.41, 5.74) is 2.06. The predicted octanol–water partition coefficient (Wildman–Crippen LogP) is 4.80. The van der Waals surface area contributed by atoms with Gasteiger partial charge in [0.1, 0.15) is 11.7 Å². The van der Waals surface area contributed by atoms with Gasteiger partial charge in [-0.15, -0.1) is 0 Å². The molecule has 0 fully saturated rings. The van der Waals surface area contributed by atoms with Crippen molar-refractivity contribution in [2.45, 2.75) is 26.3 Å². The molecule has 2 N–H and O–H groups in total. The van der Waals surface area contributed by atoms with Crippen LogP contribution in [0.5, 0.6) is 11.5 Å². The first kappa shape index (κ1) is 34.8. The number of ether oxygens (including phenoxy) is 3. The number of rotatable bonds is 12. The number of nitrogens with one attached hydrogen (secondary N) is 2. The van der Waals surface area contributed by atoms with Gasteiger partial charge >= 0.3 is 11.9 Å². The van der Waals surface area contributed by atoms with Crippen LogP contribution in [0.25, 0.3) is 6.08 Å². The quantitative estimate of drug-likeness (QED) is 0.0932. The van der Waals surface area contributed by atoms with Crippen LogP contribution in [0.2, 0.25) is 0 Å². The topological polar surface area (TPSA) is 157 Å². The van der Waals surface area contributed by atoms with Gasteiger partial charge in [-0.1, -0.05) is 48.5 Å². The van der Waals surface area contributed by atoms with Crippen LogP contribution in [-0.2, 0) is 25.5 Å². The van der Waals surface area contributed by atoms with Crippen LogP contribution in [0.4, 0.5) is 5.69 Å². The maximum absolute atomic E-state index is 13.6. The number of hydrogen-bond donors (Lipinski definition) is 2. The van der Waals surface area contributed by atoms with Crippen molar-refractivity contribution >= 4 is 47.3 Å². The van der Waals surface area contributed by atoms with E-state index in [2.05, 4.69) is 10.6 Å². The Hall–Kier alpha value is -6.56. The molecule has 254 valence electrons. The summed E-state index contributed by atoms with van der Waals surface area (Å²) in [7, 11) is 1.40. The van der Waals surface area contributed by atoms with Gasteiger partial charge < -0.3 is 24.8 Å². The molecule has 0 saturated heterocycles. The number of benzene rings is 4. The molecule has 12 nitrogen and oxygen atoms in total. The number of carbonyl (C=O) groups excluding carboxylic acids is 6. The molecule has 0 spiro atoms. The second kappa shape index (κ2) is 15.6. The van der Waals surface area contributed by atoms with Crippen molar-refractivity contribution in [3.05, 3.63) is 131 Å². The minimum atomic E-state index is -1.21. The van der Waals surface area contributed by atoms with Gasteiger partial charge in [-0.3, -0.25) is 28.9 Å². The zero-order valence-electron chi connectivity index (χ0n) is 27.4.